The molecular formula is C27H19Br2N3O5. The summed E-state index contributed by atoms with van der Waals surface area (Å²) in [5.41, 5.74) is 4.92. The lowest BCUT2D eigenvalue weighted by molar-refractivity contribution is 0.0732. The first-order valence-corrected chi connectivity index (χ1v) is 12.4. The van der Waals surface area contributed by atoms with E-state index in [1.807, 2.05) is 13.0 Å². The van der Waals surface area contributed by atoms with Gasteiger partial charge in [-0.1, -0.05) is 39.7 Å². The van der Waals surface area contributed by atoms with E-state index in [1.54, 1.807) is 54.6 Å². The summed E-state index contributed by atoms with van der Waals surface area (Å²) in [6.45, 7) is 1.88. The quantitative estimate of drug-likeness (QED) is 0.108. The molecule has 0 saturated carbocycles. The number of anilines is 1. The third-order valence-electron chi connectivity index (χ3n) is 4.98. The van der Waals surface area contributed by atoms with Crippen LogP contribution in [0.3, 0.4) is 0 Å². The summed E-state index contributed by atoms with van der Waals surface area (Å²) in [4.78, 5) is 37.5. The van der Waals surface area contributed by atoms with Crippen LogP contribution in [0.25, 0.3) is 0 Å². The molecule has 0 bridgehead atoms. The molecule has 3 aromatic carbocycles. The largest absolute Gasteiger partial charge is 0.459 e. The van der Waals surface area contributed by atoms with Crippen molar-refractivity contribution in [2.45, 2.75) is 6.92 Å². The van der Waals surface area contributed by atoms with Gasteiger partial charge >= 0.3 is 5.97 Å². The fourth-order valence-electron chi connectivity index (χ4n) is 3.27. The molecule has 10 heteroatoms. The van der Waals surface area contributed by atoms with Crippen molar-refractivity contribution in [2.75, 3.05) is 5.32 Å². The Morgan fingerprint density at radius 1 is 0.919 bits per heavy atom. The van der Waals surface area contributed by atoms with E-state index in [1.165, 1.54) is 24.6 Å². The number of ether oxygens (including phenoxy) is 1. The van der Waals surface area contributed by atoms with Crippen molar-refractivity contribution in [1.29, 1.82) is 0 Å². The zero-order chi connectivity index (χ0) is 26.4. The molecule has 0 aliphatic rings. The maximum atomic E-state index is 12.7. The number of halogens is 2. The summed E-state index contributed by atoms with van der Waals surface area (Å²) in [7, 11) is 0. The lowest BCUT2D eigenvalue weighted by Gasteiger charge is -2.11. The molecule has 1 aromatic heterocycles. The maximum Gasteiger partial charge on any atom is 0.343 e. The summed E-state index contributed by atoms with van der Waals surface area (Å²) in [6.07, 6.45) is 2.77. The number of amides is 2. The Hall–Kier alpha value is -4.02. The van der Waals surface area contributed by atoms with E-state index in [4.69, 9.17) is 9.15 Å². The van der Waals surface area contributed by atoms with Crippen LogP contribution >= 0.6 is 31.9 Å². The summed E-state index contributed by atoms with van der Waals surface area (Å²) in [6, 6.07) is 20.0. The van der Waals surface area contributed by atoms with Crippen LogP contribution in [0.4, 0.5) is 5.69 Å². The second-order valence-corrected chi connectivity index (χ2v) is 9.55. The van der Waals surface area contributed by atoms with Gasteiger partial charge in [-0.25, -0.2) is 10.2 Å². The van der Waals surface area contributed by atoms with Crippen molar-refractivity contribution in [3.63, 3.8) is 0 Å². The molecule has 8 nitrogen and oxygen atoms in total. The molecule has 4 rings (SSSR count). The number of benzene rings is 3. The van der Waals surface area contributed by atoms with Crippen LogP contribution in [0.5, 0.6) is 5.75 Å². The van der Waals surface area contributed by atoms with Crippen LogP contribution in [0.15, 0.2) is 97.5 Å². The van der Waals surface area contributed by atoms with Crippen LogP contribution in [-0.2, 0) is 0 Å². The molecule has 0 aliphatic heterocycles. The Bertz CT molecular complexity index is 1500. The van der Waals surface area contributed by atoms with Gasteiger partial charge in [0.05, 0.1) is 22.5 Å². The molecule has 0 saturated heterocycles. The Balaban J connectivity index is 1.47. The predicted octanol–water partition coefficient (Wildman–Crippen LogP) is 6.35. The highest BCUT2D eigenvalue weighted by Crippen LogP contribution is 2.32. The first-order valence-electron chi connectivity index (χ1n) is 10.9. The number of carbonyl (C=O) groups is 3. The second-order valence-electron chi connectivity index (χ2n) is 7.78. The number of furan rings is 1. The SMILES string of the molecule is Cc1cccc(C(=O)Oc2c(Br)cc(Br)cc2C=NNC(=O)c2cccc(NC(=O)c3ccco3)c2)c1. The molecule has 37 heavy (non-hydrogen) atoms. The Labute approximate surface area is 229 Å². The number of nitrogens with one attached hydrogen (secondary N) is 2. The lowest BCUT2D eigenvalue weighted by Crippen LogP contribution is -2.18. The molecule has 0 aliphatic carbocycles. The fourth-order valence-corrected chi connectivity index (χ4v) is 4.61. The van der Waals surface area contributed by atoms with Crippen LogP contribution in [0, 0.1) is 6.92 Å². The highest BCUT2D eigenvalue weighted by atomic mass is 79.9. The number of nitrogens with zero attached hydrogens (tertiary/aromatic N) is 1. The van der Waals surface area contributed by atoms with Crippen LogP contribution in [0.1, 0.15) is 42.4 Å². The lowest BCUT2D eigenvalue weighted by atomic mass is 10.1. The summed E-state index contributed by atoms with van der Waals surface area (Å²) in [5.74, 6) is -1.07. The van der Waals surface area contributed by atoms with Crippen molar-refractivity contribution in [3.05, 3.63) is 116 Å². The molecule has 0 atom stereocenters. The van der Waals surface area contributed by atoms with Crippen molar-refractivity contribution >= 4 is 61.5 Å². The number of hydrogen-bond acceptors (Lipinski definition) is 6. The Kier molecular flexibility index (Phi) is 8.32. The minimum absolute atomic E-state index is 0.151. The van der Waals surface area contributed by atoms with Gasteiger partial charge < -0.3 is 14.5 Å². The first kappa shape index (κ1) is 26.1. The minimum atomic E-state index is -0.529. The third kappa shape index (κ3) is 6.81. The van der Waals surface area contributed by atoms with Crippen molar-refractivity contribution in [2.24, 2.45) is 5.10 Å². The van der Waals surface area contributed by atoms with E-state index in [-0.39, 0.29) is 17.1 Å². The first-order chi connectivity index (χ1) is 17.8. The molecule has 0 radical (unpaired) electrons. The smallest absolute Gasteiger partial charge is 0.343 e. The van der Waals surface area contributed by atoms with Gasteiger partial charge in [0.15, 0.2) is 11.5 Å². The monoisotopic (exact) mass is 623 g/mol. The van der Waals surface area contributed by atoms with Crippen LogP contribution < -0.4 is 15.5 Å². The van der Waals surface area contributed by atoms with Gasteiger partial charge in [-0.05, 0) is 77.5 Å². The van der Waals surface area contributed by atoms with Crippen LogP contribution in [-0.4, -0.2) is 24.0 Å². The molecule has 1 heterocycles. The number of hydrogen-bond donors (Lipinski definition) is 2. The molecule has 0 unspecified atom stereocenters. The Morgan fingerprint density at radius 3 is 2.46 bits per heavy atom. The van der Waals surface area contributed by atoms with Crippen LogP contribution in [0.2, 0.25) is 0 Å². The molecular weight excluding hydrogens is 606 g/mol. The Morgan fingerprint density at radius 2 is 1.70 bits per heavy atom. The third-order valence-corrected chi connectivity index (χ3v) is 6.03. The van der Waals surface area contributed by atoms with E-state index in [0.29, 0.717) is 25.8 Å². The molecule has 2 N–H and O–H groups in total. The van der Waals surface area contributed by atoms with E-state index < -0.39 is 17.8 Å². The van der Waals surface area contributed by atoms with Gasteiger partial charge in [-0.3, -0.25) is 9.59 Å². The molecule has 0 fully saturated rings. The van der Waals surface area contributed by atoms with E-state index in [0.717, 1.165) is 5.56 Å². The van der Waals surface area contributed by atoms with Gasteiger partial charge in [-0.15, -0.1) is 0 Å². The molecule has 4 aromatic rings. The zero-order valence-electron chi connectivity index (χ0n) is 19.3. The average Bonchev–Trinajstić information content (AvgIpc) is 3.41. The number of aryl methyl sites for hydroxylation is 1. The van der Waals surface area contributed by atoms with E-state index >= 15 is 0 Å². The van der Waals surface area contributed by atoms with Gasteiger partial charge in [-0.2, -0.15) is 5.10 Å². The number of esters is 1. The number of rotatable bonds is 7. The zero-order valence-corrected chi connectivity index (χ0v) is 22.5. The van der Waals surface area contributed by atoms with Crippen molar-refractivity contribution in [3.8, 4) is 5.75 Å². The maximum absolute atomic E-state index is 12.7. The van der Waals surface area contributed by atoms with Gasteiger partial charge in [0, 0.05) is 21.3 Å². The van der Waals surface area contributed by atoms with Gasteiger partial charge in [0.2, 0.25) is 0 Å². The predicted molar refractivity (Wildman–Crippen MR) is 146 cm³/mol. The number of hydrazone groups is 1. The van der Waals surface area contributed by atoms with Crippen molar-refractivity contribution < 1.29 is 23.5 Å². The van der Waals surface area contributed by atoms with Gasteiger partial charge in [0.1, 0.15) is 0 Å². The average molecular weight is 625 g/mol. The molecule has 2 amide bonds. The molecule has 0 spiro atoms. The van der Waals surface area contributed by atoms with E-state index in [2.05, 4.69) is 47.7 Å². The van der Waals surface area contributed by atoms with Gasteiger partial charge in [0.25, 0.3) is 11.8 Å². The van der Waals surface area contributed by atoms with E-state index in [9.17, 15) is 14.4 Å². The highest BCUT2D eigenvalue weighted by molar-refractivity contribution is 9.11. The second kappa shape index (κ2) is 11.8. The highest BCUT2D eigenvalue weighted by Gasteiger charge is 2.16. The summed E-state index contributed by atoms with van der Waals surface area (Å²) < 4.78 is 11.9. The standard InChI is InChI=1S/C27H19Br2N3O5/c1-16-5-2-7-18(11-16)27(35)37-24-19(12-20(28)14-22(24)29)15-30-32-25(33)17-6-3-8-21(13-17)31-26(34)23-9-4-10-36-23/h2-15H,1H3,(H,31,34)(H,32,33). The molecule has 186 valence electrons. The number of carbonyl (C=O) groups excluding carboxylic acids is 3. The normalized spacial score (nSPS) is 10.8. The topological polar surface area (TPSA) is 110 Å². The fraction of sp³-hybridized carbons (Fsp3) is 0.0370. The summed E-state index contributed by atoms with van der Waals surface area (Å²) in [5, 5.41) is 6.69. The minimum Gasteiger partial charge on any atom is -0.459 e. The van der Waals surface area contributed by atoms with Crippen molar-refractivity contribution in [1.82, 2.24) is 5.43 Å². The summed E-state index contributed by atoms with van der Waals surface area (Å²) >= 11 is 6.82.